The Morgan fingerprint density at radius 1 is 0.536 bits per heavy atom. The van der Waals surface area contributed by atoms with Gasteiger partial charge in [0.2, 0.25) is 11.8 Å². The molecule has 5 rings (SSSR count). The summed E-state index contributed by atoms with van der Waals surface area (Å²) in [5, 5.41) is 0. The number of carbonyl (C=O) groups is 2. The van der Waals surface area contributed by atoms with Gasteiger partial charge >= 0.3 is 36.0 Å². The Labute approximate surface area is 338 Å². The summed E-state index contributed by atoms with van der Waals surface area (Å²) in [6, 6.07) is 7.38. The van der Waals surface area contributed by atoms with Gasteiger partial charge in [0, 0.05) is 52.3 Å². The molecule has 0 bridgehead atoms. The van der Waals surface area contributed by atoms with Gasteiger partial charge in [0.15, 0.2) is 0 Å². The largest absolute Gasteiger partial charge is 0.435 e. The monoisotopic (exact) mass is 1050 g/mol. The first-order valence-corrected chi connectivity index (χ1v) is 17.3. The topological polar surface area (TPSA) is 47.2 Å². The van der Waals surface area contributed by atoms with Crippen LogP contribution in [0.2, 0.25) is 0 Å². The van der Waals surface area contributed by atoms with E-state index in [1.54, 1.807) is 70.4 Å². The predicted molar refractivity (Wildman–Crippen MR) is 195 cm³/mol. The van der Waals surface area contributed by atoms with E-state index in [1.165, 1.54) is 32.3 Å². The molecule has 5 nitrogen and oxygen atoms in total. The molecule has 1 saturated heterocycles. The second-order valence-corrected chi connectivity index (χ2v) is 14.3. The summed E-state index contributed by atoms with van der Waals surface area (Å²) < 4.78 is 188. The minimum absolute atomic E-state index is 0. The SMILES string of the molecule is C.Cc1cc(C(F)(C(F)(F)F)C(F)(F)F)cc(C)c1-n1ccc(I)c1.Cc1cc(C(F)(C(F)(F)F)C(F)(F)F)cc(C)c1-n1cccc1.O=C1CCC(=O)N1I. The van der Waals surface area contributed by atoms with Gasteiger partial charge in [-0.25, -0.2) is 11.9 Å². The number of alkyl halides is 14. The van der Waals surface area contributed by atoms with E-state index in [1.807, 2.05) is 22.6 Å². The third kappa shape index (κ3) is 9.65. The zero-order valence-corrected chi connectivity index (χ0v) is 32.8. The fraction of sp³-hybridized carbons (Fsp3) is 0.371. The van der Waals surface area contributed by atoms with Gasteiger partial charge in [0.25, 0.3) is 0 Å². The van der Waals surface area contributed by atoms with Gasteiger partial charge in [0.1, 0.15) is 0 Å². The van der Waals surface area contributed by atoms with Crippen molar-refractivity contribution in [2.75, 3.05) is 0 Å². The number of rotatable bonds is 4. The van der Waals surface area contributed by atoms with Crippen LogP contribution in [0.3, 0.4) is 0 Å². The Kier molecular flexibility index (Phi) is 15.0. The number of aryl methyl sites for hydroxylation is 4. The standard InChI is InChI=1S/C15H11F7IN.C15H12F7N.C4H4INO2.CH4/c1-8-5-10(13(16,14(17,18)19)15(20,21)22)6-9(2)12(8)24-4-3-11(23)7-24;1-9-7-11(13(16,14(17,18)19)15(20,21)22)8-10(2)12(9)23-5-3-4-6-23;5-6-3(7)1-2-4(6)8;/h3-7H,1-2H3;3-8H,1-2H3;1-2H2;1H4. The summed E-state index contributed by atoms with van der Waals surface area (Å²) in [5.41, 5.74) is -12.5. The smallest absolute Gasteiger partial charge is 0.323 e. The minimum Gasteiger partial charge on any atom is -0.323 e. The summed E-state index contributed by atoms with van der Waals surface area (Å²) in [6.07, 6.45) is -17.2. The molecule has 2 aromatic heterocycles. The molecule has 0 N–H and O–H groups in total. The Bertz CT molecular complexity index is 1920. The third-order valence-electron chi connectivity index (χ3n) is 8.11. The van der Waals surface area contributed by atoms with Crippen LogP contribution in [-0.2, 0) is 20.9 Å². The maximum Gasteiger partial charge on any atom is 0.435 e. The number of hydrogen-bond acceptors (Lipinski definition) is 2. The van der Waals surface area contributed by atoms with E-state index in [2.05, 4.69) is 0 Å². The quantitative estimate of drug-likeness (QED) is 0.0885. The lowest BCUT2D eigenvalue weighted by Crippen LogP contribution is -2.50. The van der Waals surface area contributed by atoms with Gasteiger partial charge in [-0.05, 0) is 90.7 Å². The van der Waals surface area contributed by atoms with Crippen LogP contribution in [0.1, 0.15) is 53.6 Å². The van der Waals surface area contributed by atoms with Gasteiger partial charge in [-0.2, -0.15) is 52.7 Å². The zero-order chi connectivity index (χ0) is 42.3. The van der Waals surface area contributed by atoms with E-state index in [4.69, 9.17) is 0 Å². The highest BCUT2D eigenvalue weighted by Gasteiger charge is 2.74. The molecule has 0 atom stereocenters. The van der Waals surface area contributed by atoms with E-state index in [9.17, 15) is 71.1 Å². The molecule has 3 heterocycles. The van der Waals surface area contributed by atoms with E-state index in [0.29, 0.717) is 48.5 Å². The molecular weight excluding hydrogens is 1010 g/mol. The van der Waals surface area contributed by atoms with Crippen LogP contribution < -0.4 is 0 Å². The van der Waals surface area contributed by atoms with Crippen LogP contribution in [-0.4, -0.2) is 48.8 Å². The lowest BCUT2D eigenvalue weighted by Gasteiger charge is -2.31. The van der Waals surface area contributed by atoms with Crippen LogP contribution in [0.15, 0.2) is 67.3 Å². The molecule has 21 heteroatoms. The molecule has 1 fully saturated rings. The second kappa shape index (κ2) is 17.2. The highest BCUT2D eigenvalue weighted by molar-refractivity contribution is 14.1. The Hall–Kier alpha value is -3.38. The van der Waals surface area contributed by atoms with Crippen molar-refractivity contribution >= 4 is 57.3 Å². The van der Waals surface area contributed by atoms with Crippen LogP contribution in [0.4, 0.5) is 61.5 Å². The van der Waals surface area contributed by atoms with Crippen molar-refractivity contribution in [1.82, 2.24) is 12.2 Å². The normalized spacial score (nSPS) is 14.2. The molecule has 1 aliphatic heterocycles. The van der Waals surface area contributed by atoms with Crippen molar-refractivity contribution in [1.29, 1.82) is 0 Å². The molecule has 0 saturated carbocycles. The van der Waals surface area contributed by atoms with E-state index >= 15 is 0 Å². The van der Waals surface area contributed by atoms with Crippen molar-refractivity contribution in [2.45, 2.75) is 84.0 Å². The van der Waals surface area contributed by atoms with E-state index in [-0.39, 0.29) is 41.5 Å². The van der Waals surface area contributed by atoms with Crippen LogP contribution in [0.25, 0.3) is 11.4 Å². The van der Waals surface area contributed by atoms with Gasteiger partial charge in [-0.1, -0.05) is 31.7 Å². The van der Waals surface area contributed by atoms with E-state index < -0.39 is 47.2 Å². The Balaban J connectivity index is 0.000000318. The maximum atomic E-state index is 14.2. The number of hydrogen-bond donors (Lipinski definition) is 0. The summed E-state index contributed by atoms with van der Waals surface area (Å²) in [4.78, 5) is 21.0. The third-order valence-corrected chi connectivity index (χ3v) is 9.82. The van der Waals surface area contributed by atoms with Crippen LogP contribution in [0, 0.1) is 31.3 Å². The molecule has 56 heavy (non-hydrogen) atoms. The fourth-order valence-corrected chi connectivity index (χ4v) is 6.59. The zero-order valence-electron chi connectivity index (χ0n) is 28.5. The molecule has 1 aliphatic rings. The van der Waals surface area contributed by atoms with Crippen molar-refractivity contribution in [3.63, 3.8) is 0 Å². The minimum atomic E-state index is -6.12. The van der Waals surface area contributed by atoms with Gasteiger partial charge in [-0.3, -0.25) is 9.59 Å². The van der Waals surface area contributed by atoms with Gasteiger partial charge < -0.3 is 9.13 Å². The molecule has 4 aromatic rings. The molecule has 0 aliphatic carbocycles. The maximum absolute atomic E-state index is 14.2. The lowest BCUT2D eigenvalue weighted by molar-refractivity contribution is -0.349. The van der Waals surface area contributed by atoms with Crippen LogP contribution in [0.5, 0.6) is 0 Å². The van der Waals surface area contributed by atoms with E-state index in [0.717, 1.165) is 6.68 Å². The average Bonchev–Trinajstić information content (AvgIpc) is 3.78. The number of halogens is 16. The average molecular weight is 1050 g/mol. The number of aromatic nitrogens is 2. The second-order valence-electron chi connectivity index (χ2n) is 12.1. The number of benzene rings is 2. The highest BCUT2D eigenvalue weighted by Crippen LogP contribution is 2.55. The van der Waals surface area contributed by atoms with Crippen molar-refractivity contribution < 1.29 is 71.1 Å². The predicted octanol–water partition coefficient (Wildman–Crippen LogP) is 12.5. The van der Waals surface area contributed by atoms with Crippen LogP contribution >= 0.6 is 45.5 Å². The number of imide groups is 1. The Morgan fingerprint density at radius 3 is 1.07 bits per heavy atom. The number of nitrogens with zero attached hydrogens (tertiary/aromatic N) is 3. The number of carbonyl (C=O) groups excluding carboxylic acids is 2. The summed E-state index contributed by atoms with van der Waals surface area (Å²) in [6.45, 7) is 5.34. The first-order valence-electron chi connectivity index (χ1n) is 15.3. The molecule has 2 amide bonds. The first kappa shape index (κ1) is 48.8. The highest BCUT2D eigenvalue weighted by atomic mass is 127. The Morgan fingerprint density at radius 2 is 0.839 bits per heavy atom. The summed E-state index contributed by atoms with van der Waals surface area (Å²) >= 11 is 3.73. The molecular formula is C35H31F14I2N3O2. The first-order chi connectivity index (χ1) is 24.9. The van der Waals surface area contributed by atoms with Gasteiger partial charge in [-0.15, -0.1) is 0 Å². The molecule has 0 spiro atoms. The van der Waals surface area contributed by atoms with Crippen molar-refractivity contribution in [3.05, 3.63) is 104 Å². The van der Waals surface area contributed by atoms with Crippen molar-refractivity contribution in [3.8, 4) is 11.4 Å². The summed E-state index contributed by atoms with van der Waals surface area (Å²) in [5.74, 6) is -0.147. The lowest BCUT2D eigenvalue weighted by atomic mass is 9.90. The molecule has 0 unspecified atom stereocenters. The fourth-order valence-electron chi connectivity index (χ4n) is 5.64. The number of amides is 2. The molecule has 2 aromatic carbocycles. The molecule has 310 valence electrons. The van der Waals surface area contributed by atoms with Gasteiger partial charge in [0.05, 0.1) is 34.2 Å². The summed E-state index contributed by atoms with van der Waals surface area (Å²) in [7, 11) is 0. The molecule has 0 radical (unpaired) electrons. The van der Waals surface area contributed by atoms with Crippen molar-refractivity contribution in [2.24, 2.45) is 0 Å².